The van der Waals surface area contributed by atoms with Gasteiger partial charge in [0.15, 0.2) is 0 Å². The molecule has 0 amide bonds. The van der Waals surface area contributed by atoms with Crippen LogP contribution in [0.2, 0.25) is 0 Å². The van der Waals surface area contributed by atoms with Gasteiger partial charge >= 0.3 is 0 Å². The molecule has 0 saturated heterocycles. The van der Waals surface area contributed by atoms with Crippen LogP contribution in [-0.2, 0) is 16.3 Å². The van der Waals surface area contributed by atoms with E-state index >= 15 is 0 Å². The highest BCUT2D eigenvalue weighted by Gasteiger charge is 2.29. The first-order chi connectivity index (χ1) is 8.95. The van der Waals surface area contributed by atoms with Crippen LogP contribution in [0.25, 0.3) is 0 Å². The summed E-state index contributed by atoms with van der Waals surface area (Å²) in [4.78, 5) is 0. The molecule has 1 N–H and O–H groups in total. The van der Waals surface area contributed by atoms with Crippen molar-refractivity contribution in [3.8, 4) is 0 Å². The predicted octanol–water partition coefficient (Wildman–Crippen LogP) is 2.62. The third-order valence-electron chi connectivity index (χ3n) is 3.87. The van der Waals surface area contributed by atoms with Gasteiger partial charge in [-0.25, -0.2) is 8.42 Å². The van der Waals surface area contributed by atoms with Gasteiger partial charge in [-0.3, -0.25) is 0 Å². The number of hydrogen-bond donors (Lipinski definition) is 1. The minimum atomic E-state index is -2.88. The Morgan fingerprint density at radius 2 is 2.26 bits per heavy atom. The van der Waals surface area contributed by atoms with Crippen LogP contribution in [0.1, 0.15) is 38.2 Å². The van der Waals surface area contributed by atoms with Gasteiger partial charge in [0.25, 0.3) is 0 Å². The third kappa shape index (κ3) is 4.58. The lowest BCUT2D eigenvalue weighted by molar-refractivity contribution is 0.343. The highest BCUT2D eigenvalue weighted by atomic mass is 32.2. The standard InChI is InChI=1S/C14H23NO2S2/c1-11(8-12-6-7-18-10-12)15-13-4-3-5-14(9-13)19(2,16)17/h6-7,10-11,13-15H,3-5,8-9H2,1-2H3. The molecular formula is C14H23NO2S2. The summed E-state index contributed by atoms with van der Waals surface area (Å²) in [5.74, 6) is 0. The van der Waals surface area contributed by atoms with E-state index in [0.29, 0.717) is 12.1 Å². The molecule has 2 rings (SSSR count). The van der Waals surface area contributed by atoms with Gasteiger partial charge in [-0.15, -0.1) is 0 Å². The third-order valence-corrected chi connectivity index (χ3v) is 6.25. The fourth-order valence-electron chi connectivity index (χ4n) is 2.91. The Morgan fingerprint density at radius 1 is 1.47 bits per heavy atom. The first kappa shape index (κ1) is 15.0. The van der Waals surface area contributed by atoms with Crippen molar-refractivity contribution in [3.63, 3.8) is 0 Å². The zero-order chi connectivity index (χ0) is 13.9. The fourth-order valence-corrected chi connectivity index (χ4v) is 4.77. The monoisotopic (exact) mass is 301 g/mol. The van der Waals surface area contributed by atoms with Crippen molar-refractivity contribution >= 4 is 21.2 Å². The molecule has 19 heavy (non-hydrogen) atoms. The molecule has 1 aromatic rings. The molecule has 3 unspecified atom stereocenters. The second-order valence-corrected chi connectivity index (χ2v) is 8.82. The van der Waals surface area contributed by atoms with Gasteiger partial charge in [0.05, 0.1) is 5.25 Å². The average Bonchev–Trinajstić information content (AvgIpc) is 2.80. The van der Waals surface area contributed by atoms with Gasteiger partial charge < -0.3 is 5.32 Å². The first-order valence-corrected chi connectivity index (χ1v) is 9.81. The van der Waals surface area contributed by atoms with Gasteiger partial charge in [0.1, 0.15) is 9.84 Å². The molecule has 0 aromatic carbocycles. The quantitative estimate of drug-likeness (QED) is 0.909. The minimum Gasteiger partial charge on any atom is -0.311 e. The van der Waals surface area contributed by atoms with E-state index in [2.05, 4.69) is 29.1 Å². The first-order valence-electron chi connectivity index (χ1n) is 6.91. The van der Waals surface area contributed by atoms with E-state index in [4.69, 9.17) is 0 Å². The summed E-state index contributed by atoms with van der Waals surface area (Å²) in [6.07, 6.45) is 6.10. The lowest BCUT2D eigenvalue weighted by atomic mass is 9.94. The van der Waals surface area contributed by atoms with Crippen molar-refractivity contribution in [1.29, 1.82) is 0 Å². The summed E-state index contributed by atoms with van der Waals surface area (Å²) in [5, 5.41) is 7.73. The number of rotatable bonds is 5. The normalized spacial score (nSPS) is 26.2. The Bertz CT molecular complexity index is 482. The van der Waals surface area contributed by atoms with E-state index in [9.17, 15) is 8.42 Å². The van der Waals surface area contributed by atoms with Crippen molar-refractivity contribution in [2.24, 2.45) is 0 Å². The molecule has 1 saturated carbocycles. The maximum Gasteiger partial charge on any atom is 0.150 e. The molecule has 108 valence electrons. The van der Waals surface area contributed by atoms with Crippen molar-refractivity contribution in [2.75, 3.05) is 6.26 Å². The second kappa shape index (κ2) is 6.37. The van der Waals surface area contributed by atoms with Crippen molar-refractivity contribution < 1.29 is 8.42 Å². The van der Waals surface area contributed by atoms with E-state index in [0.717, 1.165) is 32.1 Å². The van der Waals surface area contributed by atoms with Gasteiger partial charge in [0.2, 0.25) is 0 Å². The minimum absolute atomic E-state index is 0.146. The van der Waals surface area contributed by atoms with Gasteiger partial charge in [-0.2, -0.15) is 11.3 Å². The summed E-state index contributed by atoms with van der Waals surface area (Å²) in [5.41, 5.74) is 1.36. The molecule has 3 atom stereocenters. The summed E-state index contributed by atoms with van der Waals surface area (Å²) in [7, 11) is -2.88. The number of thiophene rings is 1. The van der Waals surface area contributed by atoms with E-state index < -0.39 is 9.84 Å². The summed E-state index contributed by atoms with van der Waals surface area (Å²) in [6, 6.07) is 2.91. The van der Waals surface area contributed by atoms with E-state index in [-0.39, 0.29) is 5.25 Å². The SMILES string of the molecule is CC(Cc1ccsc1)NC1CCCC(S(C)(=O)=O)C1. The topological polar surface area (TPSA) is 46.2 Å². The molecular weight excluding hydrogens is 278 g/mol. The number of nitrogens with one attached hydrogen (secondary N) is 1. The molecule has 0 radical (unpaired) electrons. The maximum atomic E-state index is 11.6. The molecule has 0 spiro atoms. The maximum absolute atomic E-state index is 11.6. The molecule has 0 aliphatic heterocycles. The zero-order valence-corrected chi connectivity index (χ0v) is 13.3. The van der Waals surface area contributed by atoms with Gasteiger partial charge in [0, 0.05) is 18.3 Å². The van der Waals surface area contributed by atoms with Gasteiger partial charge in [-0.1, -0.05) is 6.42 Å². The Hall–Kier alpha value is -0.390. The Balaban J connectivity index is 1.85. The Labute approximate surface area is 120 Å². The fraction of sp³-hybridized carbons (Fsp3) is 0.714. The molecule has 5 heteroatoms. The van der Waals surface area contributed by atoms with Crippen LogP contribution in [0.15, 0.2) is 16.8 Å². The number of sulfone groups is 1. The van der Waals surface area contributed by atoms with Crippen LogP contribution in [0, 0.1) is 0 Å². The molecule has 0 bridgehead atoms. The van der Waals surface area contributed by atoms with Crippen LogP contribution in [0.4, 0.5) is 0 Å². The largest absolute Gasteiger partial charge is 0.311 e. The van der Waals surface area contributed by atoms with Crippen LogP contribution in [0.5, 0.6) is 0 Å². The van der Waals surface area contributed by atoms with Crippen LogP contribution < -0.4 is 5.32 Å². The molecule has 1 aromatic heterocycles. The van der Waals surface area contributed by atoms with Crippen molar-refractivity contribution in [2.45, 2.75) is 56.4 Å². The highest BCUT2D eigenvalue weighted by molar-refractivity contribution is 7.91. The van der Waals surface area contributed by atoms with E-state index in [1.807, 2.05) is 0 Å². The molecule has 3 nitrogen and oxygen atoms in total. The smallest absolute Gasteiger partial charge is 0.150 e. The van der Waals surface area contributed by atoms with Crippen LogP contribution in [0.3, 0.4) is 0 Å². The summed E-state index contributed by atoms with van der Waals surface area (Å²) < 4.78 is 23.3. The molecule has 1 aliphatic carbocycles. The average molecular weight is 301 g/mol. The highest BCUT2D eigenvalue weighted by Crippen LogP contribution is 2.24. The van der Waals surface area contributed by atoms with Crippen molar-refractivity contribution in [1.82, 2.24) is 5.32 Å². The summed E-state index contributed by atoms with van der Waals surface area (Å²) >= 11 is 1.72. The van der Waals surface area contributed by atoms with E-state index in [1.165, 1.54) is 11.8 Å². The van der Waals surface area contributed by atoms with E-state index in [1.54, 1.807) is 11.3 Å². The zero-order valence-electron chi connectivity index (χ0n) is 11.6. The van der Waals surface area contributed by atoms with Crippen LogP contribution >= 0.6 is 11.3 Å². The number of hydrogen-bond acceptors (Lipinski definition) is 4. The Kier molecular flexibility index (Phi) is 5.03. The molecule has 1 aliphatic rings. The predicted molar refractivity (Wildman–Crippen MR) is 81.5 cm³/mol. The lowest BCUT2D eigenvalue weighted by Gasteiger charge is -2.31. The Morgan fingerprint density at radius 3 is 2.89 bits per heavy atom. The van der Waals surface area contributed by atoms with Gasteiger partial charge in [-0.05, 0) is 55.0 Å². The van der Waals surface area contributed by atoms with Crippen molar-refractivity contribution in [3.05, 3.63) is 22.4 Å². The summed E-state index contributed by atoms with van der Waals surface area (Å²) in [6.45, 7) is 2.18. The molecule has 1 fully saturated rings. The lowest BCUT2D eigenvalue weighted by Crippen LogP contribution is -2.43. The second-order valence-electron chi connectivity index (χ2n) is 5.72. The van der Waals surface area contributed by atoms with Crippen LogP contribution in [-0.4, -0.2) is 32.0 Å². The molecule has 1 heterocycles.